The molecular formula is C16H22F3N3O2. The van der Waals surface area contributed by atoms with Crippen LogP contribution in [0.3, 0.4) is 0 Å². The normalized spacial score (nSPS) is 11.1. The third-order valence-electron chi connectivity index (χ3n) is 3.18. The summed E-state index contributed by atoms with van der Waals surface area (Å²) in [7, 11) is 1.43. The quantitative estimate of drug-likeness (QED) is 0.636. The summed E-state index contributed by atoms with van der Waals surface area (Å²) in [6.07, 6.45) is 0. The molecule has 8 heteroatoms. The van der Waals surface area contributed by atoms with Gasteiger partial charge in [0, 0.05) is 32.1 Å². The third kappa shape index (κ3) is 5.75. The highest BCUT2D eigenvalue weighted by molar-refractivity contribution is 5.81. The van der Waals surface area contributed by atoms with Gasteiger partial charge in [-0.3, -0.25) is 4.79 Å². The number of carbonyl (C=O) groups is 2. The lowest BCUT2D eigenvalue weighted by atomic mass is 9.96. The molecule has 1 aromatic carbocycles. The fraction of sp³-hybridized carbons (Fsp3) is 0.500. The van der Waals surface area contributed by atoms with E-state index in [0.717, 1.165) is 12.1 Å². The molecule has 2 N–H and O–H groups in total. The van der Waals surface area contributed by atoms with Crippen LogP contribution in [-0.2, 0) is 11.3 Å². The van der Waals surface area contributed by atoms with Gasteiger partial charge in [0.1, 0.15) is 0 Å². The maximum atomic E-state index is 13.1. The Balaban J connectivity index is 2.44. The van der Waals surface area contributed by atoms with Gasteiger partial charge in [0.2, 0.25) is 5.91 Å². The zero-order chi connectivity index (χ0) is 18.5. The van der Waals surface area contributed by atoms with E-state index in [9.17, 15) is 22.8 Å². The van der Waals surface area contributed by atoms with Crippen LogP contribution in [0.25, 0.3) is 0 Å². The van der Waals surface area contributed by atoms with Gasteiger partial charge in [-0.25, -0.2) is 18.0 Å². The van der Waals surface area contributed by atoms with Crippen molar-refractivity contribution in [2.24, 2.45) is 5.41 Å². The number of hydrogen-bond acceptors (Lipinski definition) is 2. The lowest BCUT2D eigenvalue weighted by molar-refractivity contribution is -0.128. The molecule has 0 spiro atoms. The Hall–Kier alpha value is -2.25. The van der Waals surface area contributed by atoms with Crippen LogP contribution in [0.1, 0.15) is 26.3 Å². The molecule has 3 amide bonds. The van der Waals surface area contributed by atoms with Gasteiger partial charge in [-0.15, -0.1) is 0 Å². The number of rotatable bonds is 5. The first-order valence-electron chi connectivity index (χ1n) is 7.43. The van der Waals surface area contributed by atoms with Crippen molar-refractivity contribution in [1.29, 1.82) is 0 Å². The van der Waals surface area contributed by atoms with E-state index in [1.807, 2.05) is 0 Å². The first kappa shape index (κ1) is 19.8. The monoisotopic (exact) mass is 345 g/mol. The van der Waals surface area contributed by atoms with E-state index < -0.39 is 28.9 Å². The third-order valence-corrected chi connectivity index (χ3v) is 3.18. The van der Waals surface area contributed by atoms with Crippen LogP contribution in [0.4, 0.5) is 18.0 Å². The van der Waals surface area contributed by atoms with Crippen LogP contribution in [0.2, 0.25) is 0 Å². The summed E-state index contributed by atoms with van der Waals surface area (Å²) in [5, 5.41) is 5.24. The van der Waals surface area contributed by atoms with Crippen molar-refractivity contribution in [3.63, 3.8) is 0 Å². The van der Waals surface area contributed by atoms with Gasteiger partial charge < -0.3 is 15.5 Å². The number of amides is 3. The van der Waals surface area contributed by atoms with Crippen LogP contribution >= 0.6 is 0 Å². The van der Waals surface area contributed by atoms with E-state index in [1.54, 1.807) is 20.8 Å². The smallest absolute Gasteiger partial charge is 0.317 e. The molecule has 24 heavy (non-hydrogen) atoms. The highest BCUT2D eigenvalue weighted by Crippen LogP contribution is 2.15. The van der Waals surface area contributed by atoms with E-state index in [-0.39, 0.29) is 31.1 Å². The van der Waals surface area contributed by atoms with Gasteiger partial charge in [-0.1, -0.05) is 20.8 Å². The van der Waals surface area contributed by atoms with E-state index in [1.165, 1.54) is 11.9 Å². The summed E-state index contributed by atoms with van der Waals surface area (Å²) in [6.45, 7) is 5.70. The molecular weight excluding hydrogens is 323 g/mol. The molecule has 0 radical (unpaired) electrons. The molecule has 0 aliphatic carbocycles. The summed E-state index contributed by atoms with van der Waals surface area (Å²) in [4.78, 5) is 24.7. The number of nitrogens with zero attached hydrogens (tertiary/aromatic N) is 1. The lowest BCUT2D eigenvalue weighted by Crippen LogP contribution is -2.43. The number of nitrogens with one attached hydrogen (secondary N) is 2. The number of halogens is 3. The zero-order valence-corrected chi connectivity index (χ0v) is 14.2. The summed E-state index contributed by atoms with van der Waals surface area (Å²) in [5.41, 5.74) is -0.387. The second-order valence-corrected chi connectivity index (χ2v) is 6.47. The van der Waals surface area contributed by atoms with Crippen molar-refractivity contribution in [1.82, 2.24) is 15.5 Å². The number of carbonyl (C=O) groups excluding carboxylic acids is 2. The molecule has 0 atom stereocenters. The van der Waals surface area contributed by atoms with Gasteiger partial charge in [0.15, 0.2) is 17.5 Å². The van der Waals surface area contributed by atoms with E-state index >= 15 is 0 Å². The molecule has 0 aliphatic heterocycles. The molecule has 0 bridgehead atoms. The maximum absolute atomic E-state index is 13.1. The minimum Gasteiger partial charge on any atom is -0.354 e. The number of hydrogen-bond donors (Lipinski definition) is 2. The minimum absolute atomic E-state index is 0.0890. The topological polar surface area (TPSA) is 61.4 Å². The molecule has 1 aromatic rings. The predicted octanol–water partition coefficient (Wildman–Crippen LogP) is 2.41. The largest absolute Gasteiger partial charge is 0.354 e. The van der Waals surface area contributed by atoms with Gasteiger partial charge in [-0.05, 0) is 17.7 Å². The van der Waals surface area contributed by atoms with E-state index in [2.05, 4.69) is 10.6 Å². The molecule has 0 saturated carbocycles. The molecule has 0 fully saturated rings. The molecule has 0 heterocycles. The average molecular weight is 345 g/mol. The van der Waals surface area contributed by atoms with Crippen molar-refractivity contribution < 1.29 is 22.8 Å². The maximum Gasteiger partial charge on any atom is 0.317 e. The molecule has 0 saturated heterocycles. The second kappa shape index (κ2) is 8.03. The van der Waals surface area contributed by atoms with Crippen LogP contribution in [0, 0.1) is 22.9 Å². The predicted molar refractivity (Wildman–Crippen MR) is 83.6 cm³/mol. The molecule has 0 aliphatic rings. The van der Waals surface area contributed by atoms with Gasteiger partial charge >= 0.3 is 6.03 Å². The fourth-order valence-corrected chi connectivity index (χ4v) is 1.79. The Bertz CT molecular complexity index is 592. The van der Waals surface area contributed by atoms with E-state index in [0.29, 0.717) is 0 Å². The van der Waals surface area contributed by atoms with Crippen molar-refractivity contribution in [2.75, 3.05) is 20.1 Å². The van der Waals surface area contributed by atoms with Crippen LogP contribution in [-0.4, -0.2) is 37.0 Å². The standard InChI is InChI=1S/C16H22F3N3O2/c1-16(2,3)14(23)20-5-6-21-15(24)22(4)9-10-7-11(17)13(19)12(18)8-10/h7-8H,5-6,9H2,1-4H3,(H,20,23)(H,21,24). The van der Waals surface area contributed by atoms with Crippen LogP contribution < -0.4 is 10.6 Å². The Kier molecular flexibility index (Phi) is 6.62. The Labute approximate surface area is 139 Å². The van der Waals surface area contributed by atoms with E-state index in [4.69, 9.17) is 0 Å². The minimum atomic E-state index is -1.54. The van der Waals surface area contributed by atoms with Crippen molar-refractivity contribution in [2.45, 2.75) is 27.3 Å². The van der Waals surface area contributed by atoms with Gasteiger partial charge in [-0.2, -0.15) is 0 Å². The molecule has 0 unspecified atom stereocenters. The van der Waals surface area contributed by atoms with Crippen LogP contribution in [0.15, 0.2) is 12.1 Å². The van der Waals surface area contributed by atoms with Gasteiger partial charge in [0.25, 0.3) is 0 Å². The van der Waals surface area contributed by atoms with Gasteiger partial charge in [0.05, 0.1) is 0 Å². The Morgan fingerprint density at radius 2 is 1.54 bits per heavy atom. The number of benzene rings is 1. The number of urea groups is 1. The van der Waals surface area contributed by atoms with Crippen molar-refractivity contribution >= 4 is 11.9 Å². The molecule has 5 nitrogen and oxygen atoms in total. The zero-order valence-electron chi connectivity index (χ0n) is 14.2. The lowest BCUT2D eigenvalue weighted by Gasteiger charge is -2.20. The molecule has 134 valence electrons. The van der Waals surface area contributed by atoms with Crippen molar-refractivity contribution in [3.8, 4) is 0 Å². The second-order valence-electron chi connectivity index (χ2n) is 6.47. The van der Waals surface area contributed by atoms with Crippen LogP contribution in [0.5, 0.6) is 0 Å². The molecule has 1 rings (SSSR count). The SMILES string of the molecule is CN(Cc1cc(F)c(F)c(F)c1)C(=O)NCCNC(=O)C(C)(C)C. The first-order valence-corrected chi connectivity index (χ1v) is 7.43. The summed E-state index contributed by atoms with van der Waals surface area (Å²) >= 11 is 0. The van der Waals surface area contributed by atoms with Crippen molar-refractivity contribution in [3.05, 3.63) is 35.1 Å². The highest BCUT2D eigenvalue weighted by atomic mass is 19.2. The average Bonchev–Trinajstić information content (AvgIpc) is 2.47. The molecule has 0 aromatic heterocycles. The summed E-state index contributed by atoms with van der Waals surface area (Å²) in [5.74, 6) is -4.28. The summed E-state index contributed by atoms with van der Waals surface area (Å²) < 4.78 is 39.2. The highest BCUT2D eigenvalue weighted by Gasteiger charge is 2.20. The first-order chi connectivity index (χ1) is 11.0. The Morgan fingerprint density at radius 1 is 1.04 bits per heavy atom. The fourth-order valence-electron chi connectivity index (χ4n) is 1.79. The summed E-state index contributed by atoms with van der Waals surface area (Å²) in [6, 6.07) is 1.20. The Morgan fingerprint density at radius 3 is 2.04 bits per heavy atom.